The van der Waals surface area contributed by atoms with Crippen molar-refractivity contribution < 1.29 is 14.3 Å². The van der Waals surface area contributed by atoms with Gasteiger partial charge in [-0.15, -0.1) is 0 Å². The Kier molecular flexibility index (Phi) is 4.10. The Labute approximate surface area is 127 Å². The Morgan fingerprint density at radius 2 is 2.10 bits per heavy atom. The highest BCUT2D eigenvalue weighted by atomic mass is 79.9. The standard InChI is InChI=1S/C15H18BrNO3/c16-13-4-2-1-3-11(13)9-14(18)17-12-5-6-15(10-12)19-7-8-20-15/h1-4,12H,5-10H2,(H,17,18)/t12-/m0/s1. The van der Waals surface area contributed by atoms with E-state index in [9.17, 15) is 4.79 Å². The third kappa shape index (κ3) is 3.05. The van der Waals surface area contributed by atoms with Crippen LogP contribution in [0.1, 0.15) is 24.8 Å². The predicted octanol–water partition coefficient (Wildman–Crippen LogP) is 2.40. The van der Waals surface area contributed by atoms with Crippen molar-refractivity contribution >= 4 is 21.8 Å². The van der Waals surface area contributed by atoms with Crippen LogP contribution < -0.4 is 5.32 Å². The van der Waals surface area contributed by atoms with Gasteiger partial charge in [0.2, 0.25) is 5.91 Å². The maximum atomic E-state index is 12.1. The first-order chi connectivity index (χ1) is 9.67. The van der Waals surface area contributed by atoms with E-state index in [2.05, 4.69) is 21.2 Å². The number of hydrogen-bond donors (Lipinski definition) is 1. The van der Waals surface area contributed by atoms with Crippen LogP contribution in [0.15, 0.2) is 28.7 Å². The van der Waals surface area contributed by atoms with Gasteiger partial charge in [0.15, 0.2) is 5.79 Å². The monoisotopic (exact) mass is 339 g/mol. The van der Waals surface area contributed by atoms with Crippen LogP contribution in [0.3, 0.4) is 0 Å². The molecule has 4 nitrogen and oxygen atoms in total. The Bertz CT molecular complexity index is 500. The molecular weight excluding hydrogens is 322 g/mol. The third-order valence-electron chi connectivity index (χ3n) is 3.92. The molecule has 108 valence electrons. The molecule has 20 heavy (non-hydrogen) atoms. The van der Waals surface area contributed by atoms with Gasteiger partial charge in [-0.2, -0.15) is 0 Å². The quantitative estimate of drug-likeness (QED) is 0.919. The van der Waals surface area contributed by atoms with Crippen molar-refractivity contribution in [3.63, 3.8) is 0 Å². The number of carbonyl (C=O) groups is 1. The lowest BCUT2D eigenvalue weighted by Crippen LogP contribution is -2.36. The molecule has 1 spiro atoms. The van der Waals surface area contributed by atoms with Crippen LogP contribution in [0, 0.1) is 0 Å². The third-order valence-corrected chi connectivity index (χ3v) is 4.69. The number of benzene rings is 1. The van der Waals surface area contributed by atoms with Crippen molar-refractivity contribution in [1.82, 2.24) is 5.32 Å². The number of halogens is 1. The summed E-state index contributed by atoms with van der Waals surface area (Å²) in [6, 6.07) is 7.96. The van der Waals surface area contributed by atoms with Crippen LogP contribution in [0.25, 0.3) is 0 Å². The molecule has 1 atom stereocenters. The number of ether oxygens (including phenoxy) is 2. The average Bonchev–Trinajstić information content (AvgIpc) is 3.03. The molecule has 1 aromatic carbocycles. The minimum atomic E-state index is -0.425. The van der Waals surface area contributed by atoms with E-state index >= 15 is 0 Å². The van der Waals surface area contributed by atoms with Gasteiger partial charge in [-0.3, -0.25) is 4.79 Å². The molecule has 0 bridgehead atoms. The first-order valence-corrected chi connectivity index (χ1v) is 7.77. The zero-order valence-corrected chi connectivity index (χ0v) is 12.8. The highest BCUT2D eigenvalue weighted by Gasteiger charge is 2.44. The summed E-state index contributed by atoms with van der Waals surface area (Å²) in [6.45, 7) is 1.33. The maximum Gasteiger partial charge on any atom is 0.224 e. The summed E-state index contributed by atoms with van der Waals surface area (Å²) in [4.78, 5) is 12.1. The fourth-order valence-electron chi connectivity index (χ4n) is 2.95. The van der Waals surface area contributed by atoms with Crippen molar-refractivity contribution in [2.45, 2.75) is 37.5 Å². The maximum absolute atomic E-state index is 12.1. The largest absolute Gasteiger partial charge is 0.353 e. The zero-order valence-electron chi connectivity index (χ0n) is 11.2. The van der Waals surface area contributed by atoms with Crippen LogP contribution in [0.5, 0.6) is 0 Å². The van der Waals surface area contributed by atoms with Crippen LogP contribution >= 0.6 is 15.9 Å². The van der Waals surface area contributed by atoms with Crippen molar-refractivity contribution in [2.24, 2.45) is 0 Å². The average molecular weight is 340 g/mol. The SMILES string of the molecule is O=C(Cc1ccccc1Br)N[C@H]1CCC2(C1)OCCO2. The zero-order chi connectivity index (χ0) is 14.0. The molecule has 1 aliphatic heterocycles. The number of rotatable bonds is 3. The van der Waals surface area contributed by atoms with Crippen molar-refractivity contribution in [3.8, 4) is 0 Å². The summed E-state index contributed by atoms with van der Waals surface area (Å²) < 4.78 is 12.3. The fraction of sp³-hybridized carbons (Fsp3) is 0.533. The van der Waals surface area contributed by atoms with Crippen LogP contribution in [-0.2, 0) is 20.7 Å². The second kappa shape index (κ2) is 5.84. The molecule has 0 radical (unpaired) electrons. The van der Waals surface area contributed by atoms with Gasteiger partial charge in [-0.05, 0) is 18.1 Å². The van der Waals surface area contributed by atoms with Crippen molar-refractivity contribution in [1.29, 1.82) is 0 Å². The van der Waals surface area contributed by atoms with Gasteiger partial charge in [0.25, 0.3) is 0 Å². The van der Waals surface area contributed by atoms with Gasteiger partial charge in [-0.1, -0.05) is 34.1 Å². The number of hydrogen-bond acceptors (Lipinski definition) is 3. The summed E-state index contributed by atoms with van der Waals surface area (Å²) >= 11 is 3.47. The molecule has 1 N–H and O–H groups in total. The van der Waals surface area contributed by atoms with Crippen LogP contribution in [0.2, 0.25) is 0 Å². The normalized spacial score (nSPS) is 24.1. The Hall–Kier alpha value is -0.910. The van der Waals surface area contributed by atoms with Gasteiger partial charge >= 0.3 is 0 Å². The molecular formula is C15H18BrNO3. The van der Waals surface area contributed by atoms with E-state index in [0.29, 0.717) is 19.6 Å². The molecule has 5 heteroatoms. The molecule has 1 aromatic rings. The van der Waals surface area contributed by atoms with Gasteiger partial charge in [-0.25, -0.2) is 0 Å². The second-order valence-corrected chi connectivity index (χ2v) is 6.24. The van der Waals surface area contributed by atoms with Crippen molar-refractivity contribution in [3.05, 3.63) is 34.3 Å². The summed E-state index contributed by atoms with van der Waals surface area (Å²) in [6.07, 6.45) is 2.94. The first kappa shape index (κ1) is 14.0. The molecule has 1 saturated heterocycles. The van der Waals surface area contributed by atoms with E-state index in [1.165, 1.54) is 0 Å². The number of amides is 1. The van der Waals surface area contributed by atoms with E-state index in [0.717, 1.165) is 29.3 Å². The van der Waals surface area contributed by atoms with E-state index < -0.39 is 5.79 Å². The highest BCUT2D eigenvalue weighted by molar-refractivity contribution is 9.10. The first-order valence-electron chi connectivity index (χ1n) is 6.98. The molecule has 0 aromatic heterocycles. The topological polar surface area (TPSA) is 47.6 Å². The molecule has 2 aliphatic rings. The molecule has 1 aliphatic carbocycles. The summed E-state index contributed by atoms with van der Waals surface area (Å²) in [7, 11) is 0. The fourth-order valence-corrected chi connectivity index (χ4v) is 3.37. The summed E-state index contributed by atoms with van der Waals surface area (Å²) in [5.74, 6) is -0.373. The molecule has 1 saturated carbocycles. The Morgan fingerprint density at radius 3 is 2.85 bits per heavy atom. The van der Waals surface area contributed by atoms with E-state index in [-0.39, 0.29) is 11.9 Å². The van der Waals surface area contributed by atoms with E-state index in [1.807, 2.05) is 24.3 Å². The number of carbonyl (C=O) groups excluding carboxylic acids is 1. The van der Waals surface area contributed by atoms with Gasteiger partial charge in [0.1, 0.15) is 0 Å². The molecule has 0 unspecified atom stereocenters. The van der Waals surface area contributed by atoms with Gasteiger partial charge in [0, 0.05) is 23.4 Å². The minimum Gasteiger partial charge on any atom is -0.353 e. The van der Waals surface area contributed by atoms with E-state index in [4.69, 9.17) is 9.47 Å². The minimum absolute atomic E-state index is 0.0527. The second-order valence-electron chi connectivity index (χ2n) is 5.38. The van der Waals surface area contributed by atoms with Crippen LogP contribution in [-0.4, -0.2) is 30.9 Å². The smallest absolute Gasteiger partial charge is 0.224 e. The van der Waals surface area contributed by atoms with E-state index in [1.54, 1.807) is 0 Å². The molecule has 1 amide bonds. The van der Waals surface area contributed by atoms with Crippen LogP contribution in [0.4, 0.5) is 0 Å². The highest BCUT2D eigenvalue weighted by Crippen LogP contribution is 2.37. The lowest BCUT2D eigenvalue weighted by atomic mass is 10.1. The molecule has 1 heterocycles. The van der Waals surface area contributed by atoms with Gasteiger partial charge < -0.3 is 14.8 Å². The van der Waals surface area contributed by atoms with Gasteiger partial charge in [0.05, 0.1) is 19.6 Å². The predicted molar refractivity (Wildman–Crippen MR) is 78.3 cm³/mol. The molecule has 2 fully saturated rings. The summed E-state index contributed by atoms with van der Waals surface area (Å²) in [5, 5.41) is 3.09. The number of nitrogens with one attached hydrogen (secondary N) is 1. The van der Waals surface area contributed by atoms with Crippen molar-refractivity contribution in [2.75, 3.05) is 13.2 Å². The lowest BCUT2D eigenvalue weighted by Gasteiger charge is -2.21. The Morgan fingerprint density at radius 1 is 1.35 bits per heavy atom. The summed E-state index contributed by atoms with van der Waals surface area (Å²) in [5.41, 5.74) is 1.01. The Balaban J connectivity index is 1.54. The lowest BCUT2D eigenvalue weighted by molar-refractivity contribution is -0.151. The molecule has 3 rings (SSSR count).